The van der Waals surface area contributed by atoms with Crippen molar-refractivity contribution in [2.24, 2.45) is 5.73 Å². The zero-order valence-electron chi connectivity index (χ0n) is 12.5. The number of benzene rings is 1. The monoisotopic (exact) mass is 275 g/mol. The Bertz CT molecular complexity index is 444. The van der Waals surface area contributed by atoms with Gasteiger partial charge in [-0.25, -0.2) is 0 Å². The molecule has 1 fully saturated rings. The van der Waals surface area contributed by atoms with Crippen LogP contribution in [0, 0.1) is 6.92 Å². The van der Waals surface area contributed by atoms with Gasteiger partial charge < -0.3 is 10.6 Å². The van der Waals surface area contributed by atoms with Crippen molar-refractivity contribution in [3.63, 3.8) is 0 Å². The van der Waals surface area contributed by atoms with Crippen LogP contribution >= 0.6 is 0 Å². The van der Waals surface area contributed by atoms with Gasteiger partial charge in [0.15, 0.2) is 0 Å². The lowest BCUT2D eigenvalue weighted by Gasteiger charge is -2.28. The topological polar surface area (TPSA) is 49.6 Å². The van der Waals surface area contributed by atoms with Gasteiger partial charge in [0.25, 0.3) is 0 Å². The summed E-state index contributed by atoms with van der Waals surface area (Å²) in [6.45, 7) is 8.03. The van der Waals surface area contributed by atoms with E-state index in [0.717, 1.165) is 32.6 Å². The molecule has 1 heterocycles. The summed E-state index contributed by atoms with van der Waals surface area (Å²) in [5.74, 6) is 0.0647. The van der Waals surface area contributed by atoms with Crippen LogP contribution in [0.2, 0.25) is 0 Å². The summed E-state index contributed by atoms with van der Waals surface area (Å²) in [7, 11) is 0. The highest BCUT2D eigenvalue weighted by Gasteiger charge is 2.21. The summed E-state index contributed by atoms with van der Waals surface area (Å²) in [4.78, 5) is 16.0. The predicted octanol–water partition coefficient (Wildman–Crippen LogP) is 1.55. The number of rotatable bonds is 3. The number of hydrogen-bond acceptors (Lipinski definition) is 3. The van der Waals surface area contributed by atoms with Crippen LogP contribution in [0.1, 0.15) is 30.5 Å². The summed E-state index contributed by atoms with van der Waals surface area (Å²) in [5, 5.41) is 0. The van der Waals surface area contributed by atoms with E-state index in [4.69, 9.17) is 5.73 Å². The Hall–Kier alpha value is -1.39. The molecule has 4 heteroatoms. The Labute approximate surface area is 121 Å². The maximum atomic E-state index is 11.7. The first-order chi connectivity index (χ1) is 9.61. The zero-order valence-corrected chi connectivity index (χ0v) is 12.5. The number of nitrogens with two attached hydrogens (primary N) is 1. The van der Waals surface area contributed by atoms with Gasteiger partial charge >= 0.3 is 0 Å². The highest BCUT2D eigenvalue weighted by molar-refractivity contribution is 5.78. The molecule has 2 N–H and O–H groups in total. The second kappa shape index (κ2) is 6.86. The number of carbonyl (C=O) groups excluding carboxylic acids is 1. The Morgan fingerprint density at radius 2 is 1.90 bits per heavy atom. The molecule has 2 rings (SSSR count). The number of amides is 1. The van der Waals surface area contributed by atoms with Crippen LogP contribution in [0.25, 0.3) is 0 Å². The van der Waals surface area contributed by atoms with E-state index in [0.29, 0.717) is 6.04 Å². The lowest BCUT2D eigenvalue weighted by atomic mass is 10.1. The molecule has 0 spiro atoms. The van der Waals surface area contributed by atoms with Crippen molar-refractivity contribution >= 4 is 5.91 Å². The first-order valence-corrected chi connectivity index (χ1v) is 7.40. The van der Waals surface area contributed by atoms with E-state index < -0.39 is 0 Å². The zero-order chi connectivity index (χ0) is 14.5. The molecule has 110 valence electrons. The summed E-state index contributed by atoms with van der Waals surface area (Å²) in [6.07, 6.45) is 1.02. The van der Waals surface area contributed by atoms with Crippen LogP contribution in [0.4, 0.5) is 0 Å². The maximum absolute atomic E-state index is 11.7. The SMILES string of the molecule is Cc1ccc(C(C)N2CCCN(C(=O)CN)CC2)cc1. The molecule has 0 aromatic heterocycles. The molecule has 1 saturated heterocycles. The molecule has 1 unspecified atom stereocenters. The van der Waals surface area contributed by atoms with Crippen molar-refractivity contribution in [3.05, 3.63) is 35.4 Å². The minimum absolute atomic E-state index is 0.0647. The van der Waals surface area contributed by atoms with E-state index in [2.05, 4.69) is 43.0 Å². The molecule has 0 saturated carbocycles. The lowest BCUT2D eigenvalue weighted by Crippen LogP contribution is -2.39. The van der Waals surface area contributed by atoms with Gasteiger partial charge in [0.2, 0.25) is 5.91 Å². The summed E-state index contributed by atoms with van der Waals surface area (Å²) in [6, 6.07) is 9.12. The Morgan fingerprint density at radius 3 is 2.55 bits per heavy atom. The van der Waals surface area contributed by atoms with Crippen molar-refractivity contribution in [1.29, 1.82) is 0 Å². The fraction of sp³-hybridized carbons (Fsp3) is 0.562. The Balaban J connectivity index is 1.99. The van der Waals surface area contributed by atoms with Gasteiger partial charge in [-0.3, -0.25) is 9.69 Å². The molecule has 1 aliphatic heterocycles. The van der Waals surface area contributed by atoms with Gasteiger partial charge in [0, 0.05) is 32.2 Å². The molecular formula is C16H25N3O. The smallest absolute Gasteiger partial charge is 0.236 e. The quantitative estimate of drug-likeness (QED) is 0.910. The molecule has 0 radical (unpaired) electrons. The molecular weight excluding hydrogens is 250 g/mol. The molecule has 1 aromatic carbocycles. The van der Waals surface area contributed by atoms with Crippen LogP contribution in [0.5, 0.6) is 0 Å². The molecule has 0 bridgehead atoms. The first kappa shape index (κ1) is 15.0. The molecule has 1 aromatic rings. The Morgan fingerprint density at radius 1 is 1.20 bits per heavy atom. The summed E-state index contributed by atoms with van der Waals surface area (Å²) < 4.78 is 0. The van der Waals surface area contributed by atoms with Crippen LogP contribution in [-0.4, -0.2) is 48.4 Å². The van der Waals surface area contributed by atoms with Crippen LogP contribution in [0.15, 0.2) is 24.3 Å². The summed E-state index contributed by atoms with van der Waals surface area (Å²) in [5.41, 5.74) is 8.08. The number of carbonyl (C=O) groups is 1. The van der Waals surface area contributed by atoms with E-state index in [1.54, 1.807) is 0 Å². The maximum Gasteiger partial charge on any atom is 0.236 e. The second-order valence-electron chi connectivity index (χ2n) is 5.56. The van der Waals surface area contributed by atoms with Gasteiger partial charge in [-0.2, -0.15) is 0 Å². The normalized spacial score (nSPS) is 18.6. The van der Waals surface area contributed by atoms with E-state index >= 15 is 0 Å². The molecule has 1 amide bonds. The van der Waals surface area contributed by atoms with Crippen molar-refractivity contribution in [2.45, 2.75) is 26.3 Å². The van der Waals surface area contributed by atoms with Crippen molar-refractivity contribution in [3.8, 4) is 0 Å². The molecule has 0 aliphatic carbocycles. The third-order valence-corrected chi connectivity index (χ3v) is 4.17. The van der Waals surface area contributed by atoms with Gasteiger partial charge in [-0.1, -0.05) is 29.8 Å². The number of hydrogen-bond donors (Lipinski definition) is 1. The van der Waals surface area contributed by atoms with Crippen LogP contribution < -0.4 is 5.73 Å². The minimum Gasteiger partial charge on any atom is -0.340 e. The van der Waals surface area contributed by atoms with Crippen LogP contribution in [0.3, 0.4) is 0 Å². The highest BCUT2D eigenvalue weighted by Crippen LogP contribution is 2.22. The second-order valence-corrected chi connectivity index (χ2v) is 5.56. The minimum atomic E-state index is 0.0647. The summed E-state index contributed by atoms with van der Waals surface area (Å²) >= 11 is 0. The van der Waals surface area contributed by atoms with Crippen LogP contribution in [-0.2, 0) is 4.79 Å². The van der Waals surface area contributed by atoms with E-state index in [9.17, 15) is 4.79 Å². The fourth-order valence-corrected chi connectivity index (χ4v) is 2.76. The third-order valence-electron chi connectivity index (χ3n) is 4.17. The third kappa shape index (κ3) is 3.58. The Kier molecular flexibility index (Phi) is 5.15. The highest BCUT2D eigenvalue weighted by atomic mass is 16.2. The molecule has 1 atom stereocenters. The fourth-order valence-electron chi connectivity index (χ4n) is 2.76. The van der Waals surface area contributed by atoms with E-state index in [-0.39, 0.29) is 12.5 Å². The molecule has 20 heavy (non-hydrogen) atoms. The van der Waals surface area contributed by atoms with E-state index in [1.807, 2.05) is 4.90 Å². The van der Waals surface area contributed by atoms with Crippen molar-refractivity contribution in [1.82, 2.24) is 9.80 Å². The number of nitrogens with zero attached hydrogens (tertiary/aromatic N) is 2. The van der Waals surface area contributed by atoms with Gasteiger partial charge in [0.1, 0.15) is 0 Å². The number of aryl methyl sites for hydroxylation is 1. The average Bonchev–Trinajstić information content (AvgIpc) is 2.72. The van der Waals surface area contributed by atoms with Crippen molar-refractivity contribution < 1.29 is 4.79 Å². The molecule has 4 nitrogen and oxygen atoms in total. The predicted molar refractivity (Wildman–Crippen MR) is 81.4 cm³/mol. The van der Waals surface area contributed by atoms with Gasteiger partial charge in [-0.15, -0.1) is 0 Å². The standard InChI is InChI=1S/C16H25N3O/c1-13-4-6-15(7-5-13)14(2)18-8-3-9-19(11-10-18)16(20)12-17/h4-7,14H,3,8-12,17H2,1-2H3. The lowest BCUT2D eigenvalue weighted by molar-refractivity contribution is -0.129. The van der Waals surface area contributed by atoms with E-state index in [1.165, 1.54) is 11.1 Å². The molecule has 1 aliphatic rings. The van der Waals surface area contributed by atoms with Crippen molar-refractivity contribution in [2.75, 3.05) is 32.7 Å². The van der Waals surface area contributed by atoms with Gasteiger partial charge in [0.05, 0.1) is 6.54 Å². The average molecular weight is 275 g/mol. The first-order valence-electron chi connectivity index (χ1n) is 7.40. The van der Waals surface area contributed by atoms with Gasteiger partial charge in [-0.05, 0) is 25.8 Å². The largest absolute Gasteiger partial charge is 0.340 e.